The number of aryl methyl sites for hydroxylation is 2. The number of anilines is 1. The predicted molar refractivity (Wildman–Crippen MR) is 96.9 cm³/mol. The molecule has 0 heterocycles. The third-order valence-corrected chi connectivity index (χ3v) is 4.16. The maximum Gasteiger partial charge on any atom is 0.242 e. The number of carbonyl (C=O) groups excluding carboxylic acids is 1. The second-order valence-corrected chi connectivity index (χ2v) is 5.85. The van der Waals surface area contributed by atoms with Gasteiger partial charge in [-0.15, -0.1) is 0 Å². The minimum absolute atomic E-state index is 0.244. The van der Waals surface area contributed by atoms with E-state index in [2.05, 4.69) is 11.4 Å². The van der Waals surface area contributed by atoms with Gasteiger partial charge in [-0.1, -0.05) is 6.07 Å². The quantitative estimate of drug-likeness (QED) is 0.873. The fraction of sp³-hybridized carbons (Fsp3) is 0.300. The number of benzene rings is 2. The van der Waals surface area contributed by atoms with Crippen molar-refractivity contribution in [2.75, 3.05) is 19.5 Å². The summed E-state index contributed by atoms with van der Waals surface area (Å²) in [5.74, 6) is 0.111. The standard InChI is InChI=1S/C20H22N2O3/c1-13-5-6-17(9-14(13)2)22-20(23)16(12-21)10-15-11-18(24-3)7-8-19(15)25-4/h5-9,11,16H,10H2,1-4H3,(H,22,23)/t16-/m0/s1. The summed E-state index contributed by atoms with van der Waals surface area (Å²) in [6.07, 6.45) is 0.244. The van der Waals surface area contributed by atoms with E-state index in [1.54, 1.807) is 32.4 Å². The number of ether oxygens (including phenoxy) is 2. The van der Waals surface area contributed by atoms with Crippen LogP contribution in [0.1, 0.15) is 16.7 Å². The molecule has 5 heteroatoms. The Labute approximate surface area is 148 Å². The van der Waals surface area contributed by atoms with Crippen LogP contribution in [0.4, 0.5) is 5.69 Å². The third-order valence-electron chi connectivity index (χ3n) is 4.16. The van der Waals surface area contributed by atoms with Crippen molar-refractivity contribution in [3.05, 3.63) is 53.1 Å². The van der Waals surface area contributed by atoms with Crippen LogP contribution in [0.5, 0.6) is 11.5 Å². The van der Waals surface area contributed by atoms with Crippen LogP contribution in [0.25, 0.3) is 0 Å². The molecule has 1 N–H and O–H groups in total. The molecular formula is C20H22N2O3. The summed E-state index contributed by atoms with van der Waals surface area (Å²) in [6, 6.07) is 13.1. The molecule has 0 unspecified atom stereocenters. The zero-order valence-corrected chi connectivity index (χ0v) is 14.9. The van der Waals surface area contributed by atoms with E-state index in [0.29, 0.717) is 17.2 Å². The molecule has 130 valence electrons. The molecule has 0 spiro atoms. The molecule has 2 rings (SSSR count). The summed E-state index contributed by atoms with van der Waals surface area (Å²) in [5.41, 5.74) is 3.67. The van der Waals surface area contributed by atoms with Gasteiger partial charge in [0.1, 0.15) is 17.4 Å². The van der Waals surface area contributed by atoms with Crippen molar-refractivity contribution in [2.24, 2.45) is 5.92 Å². The molecule has 0 aliphatic heterocycles. The second kappa shape index (κ2) is 8.20. The first kappa shape index (κ1) is 18.3. The highest BCUT2D eigenvalue weighted by Crippen LogP contribution is 2.27. The molecule has 2 aromatic rings. The van der Waals surface area contributed by atoms with E-state index in [4.69, 9.17) is 9.47 Å². The van der Waals surface area contributed by atoms with Crippen molar-refractivity contribution >= 4 is 11.6 Å². The highest BCUT2D eigenvalue weighted by molar-refractivity contribution is 5.94. The largest absolute Gasteiger partial charge is 0.497 e. The van der Waals surface area contributed by atoms with E-state index in [1.807, 2.05) is 32.0 Å². The molecule has 0 radical (unpaired) electrons. The van der Waals surface area contributed by atoms with Crippen LogP contribution < -0.4 is 14.8 Å². The predicted octanol–water partition coefficient (Wildman–Crippen LogP) is 3.64. The van der Waals surface area contributed by atoms with Crippen LogP contribution in [0.2, 0.25) is 0 Å². The summed E-state index contributed by atoms with van der Waals surface area (Å²) >= 11 is 0. The Morgan fingerprint density at radius 3 is 2.48 bits per heavy atom. The molecule has 0 bridgehead atoms. The fourth-order valence-electron chi connectivity index (χ4n) is 2.51. The number of amides is 1. The van der Waals surface area contributed by atoms with Gasteiger partial charge >= 0.3 is 0 Å². The van der Waals surface area contributed by atoms with Gasteiger partial charge in [0.05, 0.1) is 20.3 Å². The Morgan fingerprint density at radius 2 is 1.88 bits per heavy atom. The van der Waals surface area contributed by atoms with E-state index in [0.717, 1.165) is 16.7 Å². The first-order chi connectivity index (χ1) is 12.0. The third kappa shape index (κ3) is 4.51. The highest BCUT2D eigenvalue weighted by Gasteiger charge is 2.21. The van der Waals surface area contributed by atoms with Crippen molar-refractivity contribution in [3.63, 3.8) is 0 Å². The van der Waals surface area contributed by atoms with E-state index in [-0.39, 0.29) is 12.3 Å². The molecule has 0 saturated heterocycles. The number of hydrogen-bond acceptors (Lipinski definition) is 4. The average Bonchev–Trinajstić information content (AvgIpc) is 2.62. The lowest BCUT2D eigenvalue weighted by Crippen LogP contribution is -2.23. The van der Waals surface area contributed by atoms with Gasteiger partial charge in [-0.25, -0.2) is 0 Å². The van der Waals surface area contributed by atoms with Crippen molar-refractivity contribution in [1.82, 2.24) is 0 Å². The van der Waals surface area contributed by atoms with Crippen molar-refractivity contribution in [3.8, 4) is 17.6 Å². The molecular weight excluding hydrogens is 316 g/mol. The van der Waals surface area contributed by atoms with Gasteiger partial charge in [0.2, 0.25) is 5.91 Å². The van der Waals surface area contributed by atoms with Gasteiger partial charge in [-0.05, 0) is 60.9 Å². The number of carbonyl (C=O) groups is 1. The number of rotatable bonds is 6. The first-order valence-electron chi connectivity index (χ1n) is 7.97. The van der Waals surface area contributed by atoms with E-state index >= 15 is 0 Å². The summed E-state index contributed by atoms with van der Waals surface area (Å²) in [4.78, 5) is 12.5. The lowest BCUT2D eigenvalue weighted by molar-refractivity contribution is -0.118. The van der Waals surface area contributed by atoms with Crippen LogP contribution in [-0.4, -0.2) is 20.1 Å². The summed E-state index contributed by atoms with van der Waals surface area (Å²) in [7, 11) is 3.13. The molecule has 1 amide bonds. The lowest BCUT2D eigenvalue weighted by atomic mass is 9.98. The van der Waals surface area contributed by atoms with E-state index in [9.17, 15) is 10.1 Å². The maximum atomic E-state index is 12.5. The molecule has 1 atom stereocenters. The highest BCUT2D eigenvalue weighted by atomic mass is 16.5. The van der Waals surface area contributed by atoms with E-state index in [1.165, 1.54) is 0 Å². The van der Waals surface area contributed by atoms with Crippen LogP contribution in [0, 0.1) is 31.1 Å². The lowest BCUT2D eigenvalue weighted by Gasteiger charge is -2.14. The number of hydrogen-bond donors (Lipinski definition) is 1. The van der Waals surface area contributed by atoms with Gasteiger partial charge < -0.3 is 14.8 Å². The smallest absolute Gasteiger partial charge is 0.242 e. The maximum absolute atomic E-state index is 12.5. The second-order valence-electron chi connectivity index (χ2n) is 5.85. The number of nitrogens with one attached hydrogen (secondary N) is 1. The zero-order chi connectivity index (χ0) is 18.4. The molecule has 2 aromatic carbocycles. The Morgan fingerprint density at radius 1 is 1.12 bits per heavy atom. The first-order valence-corrected chi connectivity index (χ1v) is 7.97. The van der Waals surface area contributed by atoms with Gasteiger partial charge in [0, 0.05) is 12.1 Å². The molecule has 0 saturated carbocycles. The Bertz CT molecular complexity index is 809. The van der Waals surface area contributed by atoms with Gasteiger partial charge in [-0.3, -0.25) is 4.79 Å². The summed E-state index contributed by atoms with van der Waals surface area (Å²) < 4.78 is 10.5. The Kier molecular flexibility index (Phi) is 6.02. The fourth-order valence-corrected chi connectivity index (χ4v) is 2.51. The van der Waals surface area contributed by atoms with E-state index < -0.39 is 5.92 Å². The Balaban J connectivity index is 2.18. The number of nitrogens with zero attached hydrogens (tertiary/aromatic N) is 1. The number of methoxy groups -OCH3 is 2. The molecule has 0 aliphatic rings. The van der Waals surface area contributed by atoms with Crippen LogP contribution in [0.3, 0.4) is 0 Å². The van der Waals surface area contributed by atoms with Crippen molar-refractivity contribution < 1.29 is 14.3 Å². The Hall–Kier alpha value is -3.00. The average molecular weight is 338 g/mol. The van der Waals surface area contributed by atoms with Crippen LogP contribution >= 0.6 is 0 Å². The van der Waals surface area contributed by atoms with Gasteiger partial charge in [0.15, 0.2) is 0 Å². The monoisotopic (exact) mass is 338 g/mol. The molecule has 5 nitrogen and oxygen atoms in total. The molecule has 25 heavy (non-hydrogen) atoms. The molecule has 0 aliphatic carbocycles. The van der Waals surface area contributed by atoms with Crippen LogP contribution in [-0.2, 0) is 11.2 Å². The SMILES string of the molecule is COc1ccc(OC)c(C[C@@H](C#N)C(=O)Nc2ccc(C)c(C)c2)c1. The topological polar surface area (TPSA) is 71.3 Å². The zero-order valence-electron chi connectivity index (χ0n) is 14.9. The minimum atomic E-state index is -0.831. The minimum Gasteiger partial charge on any atom is -0.497 e. The summed E-state index contributed by atoms with van der Waals surface area (Å²) in [5, 5.41) is 12.3. The van der Waals surface area contributed by atoms with Gasteiger partial charge in [-0.2, -0.15) is 5.26 Å². The molecule has 0 aromatic heterocycles. The normalized spacial score (nSPS) is 11.3. The van der Waals surface area contributed by atoms with Crippen LogP contribution in [0.15, 0.2) is 36.4 Å². The summed E-state index contributed by atoms with van der Waals surface area (Å²) in [6.45, 7) is 3.99. The van der Waals surface area contributed by atoms with Crippen molar-refractivity contribution in [1.29, 1.82) is 5.26 Å². The van der Waals surface area contributed by atoms with Crippen molar-refractivity contribution in [2.45, 2.75) is 20.3 Å². The number of nitriles is 1. The van der Waals surface area contributed by atoms with Gasteiger partial charge in [0.25, 0.3) is 0 Å². The molecule has 0 fully saturated rings.